The Bertz CT molecular complexity index is 499. The van der Waals surface area contributed by atoms with Gasteiger partial charge in [-0.25, -0.2) is 0 Å². The number of rotatable bonds is 4. The number of hydrogen-bond acceptors (Lipinski definition) is 4. The molecular formula is C12H15N3O2S. The molecule has 5 nitrogen and oxygen atoms in total. The third kappa shape index (κ3) is 3.87. The van der Waals surface area contributed by atoms with E-state index in [4.69, 9.17) is 11.5 Å². The lowest BCUT2D eigenvalue weighted by Crippen LogP contribution is -2.37. The molecule has 0 unspecified atom stereocenters. The number of hydrogen-bond donors (Lipinski definition) is 2. The lowest BCUT2D eigenvalue weighted by molar-refractivity contribution is -0.118. The first kappa shape index (κ1) is 14.2. The van der Waals surface area contributed by atoms with Crippen LogP contribution in [-0.4, -0.2) is 36.3 Å². The number of carbonyl (C=O) groups excluding carboxylic acids is 2. The molecule has 1 aromatic heterocycles. The molecule has 0 aromatic carbocycles. The fourth-order valence-corrected chi connectivity index (χ4v) is 2.18. The van der Waals surface area contributed by atoms with Crippen molar-refractivity contribution in [3.05, 3.63) is 21.9 Å². The first-order valence-corrected chi connectivity index (χ1v) is 6.26. The molecule has 0 atom stereocenters. The topological polar surface area (TPSA) is 89.4 Å². The Morgan fingerprint density at radius 1 is 1.44 bits per heavy atom. The maximum Gasteiger partial charge on any atom is 0.264 e. The van der Waals surface area contributed by atoms with Gasteiger partial charge in [0.25, 0.3) is 5.91 Å². The Morgan fingerprint density at radius 3 is 2.72 bits per heavy atom. The summed E-state index contributed by atoms with van der Waals surface area (Å²) in [6.45, 7) is 2.44. The van der Waals surface area contributed by atoms with E-state index in [2.05, 4.69) is 11.8 Å². The van der Waals surface area contributed by atoms with Crippen LogP contribution in [0.2, 0.25) is 0 Å². The van der Waals surface area contributed by atoms with Crippen molar-refractivity contribution in [3.63, 3.8) is 0 Å². The van der Waals surface area contributed by atoms with E-state index >= 15 is 0 Å². The number of primary amides is 1. The molecule has 0 saturated carbocycles. The highest BCUT2D eigenvalue weighted by Crippen LogP contribution is 2.17. The fourth-order valence-electron chi connectivity index (χ4n) is 1.33. The summed E-state index contributed by atoms with van der Waals surface area (Å²) in [4.78, 5) is 25.6. The summed E-state index contributed by atoms with van der Waals surface area (Å²) in [7, 11) is 0. The SMILES string of the molecule is CCN(CC(N)=O)C(=O)c1ccc(C#CCN)s1. The normalized spacial score (nSPS) is 9.44. The summed E-state index contributed by atoms with van der Waals surface area (Å²) in [6.07, 6.45) is 0. The molecule has 1 heterocycles. The van der Waals surface area contributed by atoms with E-state index < -0.39 is 5.91 Å². The van der Waals surface area contributed by atoms with Gasteiger partial charge < -0.3 is 16.4 Å². The summed E-state index contributed by atoms with van der Waals surface area (Å²) in [5.41, 5.74) is 10.4. The maximum absolute atomic E-state index is 12.1. The second-order valence-electron chi connectivity index (χ2n) is 3.46. The number of nitrogens with two attached hydrogens (primary N) is 2. The Labute approximate surface area is 110 Å². The molecule has 96 valence electrons. The molecule has 0 bridgehead atoms. The van der Waals surface area contributed by atoms with Gasteiger partial charge in [0.2, 0.25) is 5.91 Å². The third-order valence-corrected chi connectivity index (χ3v) is 3.13. The summed E-state index contributed by atoms with van der Waals surface area (Å²) in [5.74, 6) is 4.85. The molecule has 18 heavy (non-hydrogen) atoms. The van der Waals surface area contributed by atoms with Crippen molar-refractivity contribution in [2.75, 3.05) is 19.6 Å². The van der Waals surface area contributed by atoms with Crippen LogP contribution in [0.1, 0.15) is 21.5 Å². The van der Waals surface area contributed by atoms with Crippen molar-refractivity contribution >= 4 is 23.2 Å². The summed E-state index contributed by atoms with van der Waals surface area (Å²) in [6, 6.07) is 3.45. The zero-order valence-electron chi connectivity index (χ0n) is 10.1. The van der Waals surface area contributed by atoms with Crippen LogP contribution in [0.15, 0.2) is 12.1 Å². The molecule has 0 fully saturated rings. The Balaban J connectivity index is 2.82. The van der Waals surface area contributed by atoms with E-state index in [1.165, 1.54) is 16.2 Å². The average Bonchev–Trinajstić information content (AvgIpc) is 2.81. The highest BCUT2D eigenvalue weighted by atomic mass is 32.1. The van der Waals surface area contributed by atoms with Crippen LogP contribution < -0.4 is 11.5 Å². The summed E-state index contributed by atoms with van der Waals surface area (Å²) >= 11 is 1.28. The lowest BCUT2D eigenvalue weighted by atomic mass is 10.3. The first-order chi connectivity index (χ1) is 8.58. The zero-order chi connectivity index (χ0) is 13.5. The van der Waals surface area contributed by atoms with E-state index in [9.17, 15) is 9.59 Å². The molecule has 0 spiro atoms. The van der Waals surface area contributed by atoms with Crippen molar-refractivity contribution < 1.29 is 9.59 Å². The van der Waals surface area contributed by atoms with Crippen LogP contribution in [0, 0.1) is 11.8 Å². The van der Waals surface area contributed by atoms with Crippen molar-refractivity contribution in [1.29, 1.82) is 0 Å². The molecule has 0 aliphatic heterocycles. The van der Waals surface area contributed by atoms with Crippen molar-refractivity contribution in [1.82, 2.24) is 4.90 Å². The summed E-state index contributed by atoms with van der Waals surface area (Å²) in [5, 5.41) is 0. The Hall–Kier alpha value is -1.84. The number of carbonyl (C=O) groups is 2. The second kappa shape index (κ2) is 6.79. The van der Waals surface area contributed by atoms with Crippen LogP contribution in [0.5, 0.6) is 0 Å². The second-order valence-corrected chi connectivity index (χ2v) is 4.54. The predicted molar refractivity (Wildman–Crippen MR) is 71.0 cm³/mol. The summed E-state index contributed by atoms with van der Waals surface area (Å²) < 4.78 is 0. The van der Waals surface area contributed by atoms with Gasteiger partial charge >= 0.3 is 0 Å². The Kier molecular flexibility index (Phi) is 5.36. The average molecular weight is 265 g/mol. The van der Waals surface area contributed by atoms with E-state index in [1.807, 2.05) is 0 Å². The highest BCUT2D eigenvalue weighted by Gasteiger charge is 2.17. The van der Waals surface area contributed by atoms with Gasteiger partial charge in [0, 0.05) is 6.54 Å². The molecule has 6 heteroatoms. The largest absolute Gasteiger partial charge is 0.368 e. The standard InChI is InChI=1S/C12H15N3O2S/c1-2-15(8-11(14)16)12(17)10-6-5-9(18-10)4-3-7-13/h5-6H,2,7-8,13H2,1H3,(H2,14,16). The molecule has 4 N–H and O–H groups in total. The van der Waals surface area contributed by atoms with Crippen LogP contribution in [0.25, 0.3) is 0 Å². The van der Waals surface area contributed by atoms with Gasteiger partial charge in [-0.15, -0.1) is 11.3 Å². The third-order valence-electron chi connectivity index (χ3n) is 2.15. The van der Waals surface area contributed by atoms with E-state index in [-0.39, 0.29) is 19.0 Å². The van der Waals surface area contributed by atoms with Gasteiger partial charge in [-0.3, -0.25) is 9.59 Å². The molecule has 1 aromatic rings. The van der Waals surface area contributed by atoms with Gasteiger partial charge in [0.1, 0.15) is 0 Å². The van der Waals surface area contributed by atoms with Gasteiger partial charge in [-0.05, 0) is 19.1 Å². The zero-order valence-corrected chi connectivity index (χ0v) is 10.9. The fraction of sp³-hybridized carbons (Fsp3) is 0.333. The number of amides is 2. The molecule has 0 aliphatic rings. The first-order valence-electron chi connectivity index (χ1n) is 5.44. The monoisotopic (exact) mass is 265 g/mol. The van der Waals surface area contributed by atoms with E-state index in [1.54, 1.807) is 19.1 Å². The maximum atomic E-state index is 12.1. The molecule has 0 radical (unpaired) electrons. The number of thiophene rings is 1. The van der Waals surface area contributed by atoms with Crippen molar-refractivity contribution in [2.45, 2.75) is 6.92 Å². The van der Waals surface area contributed by atoms with Crippen LogP contribution in [0.4, 0.5) is 0 Å². The number of likely N-dealkylation sites (N-methyl/N-ethyl adjacent to an activating group) is 1. The van der Waals surface area contributed by atoms with Crippen molar-refractivity contribution in [2.24, 2.45) is 11.5 Å². The van der Waals surface area contributed by atoms with Crippen LogP contribution in [-0.2, 0) is 4.79 Å². The molecular weight excluding hydrogens is 250 g/mol. The highest BCUT2D eigenvalue weighted by molar-refractivity contribution is 7.14. The quantitative estimate of drug-likeness (QED) is 0.751. The van der Waals surface area contributed by atoms with Crippen LogP contribution >= 0.6 is 11.3 Å². The molecule has 1 rings (SSSR count). The van der Waals surface area contributed by atoms with Gasteiger partial charge in [0.05, 0.1) is 22.8 Å². The lowest BCUT2D eigenvalue weighted by Gasteiger charge is -2.17. The molecule has 2 amide bonds. The van der Waals surface area contributed by atoms with Gasteiger partial charge in [0.15, 0.2) is 0 Å². The predicted octanol–water partition coefficient (Wildman–Crippen LogP) is 0.00570. The minimum absolute atomic E-state index is 0.0724. The number of nitrogens with zero attached hydrogens (tertiary/aromatic N) is 1. The Morgan fingerprint density at radius 2 is 2.17 bits per heavy atom. The van der Waals surface area contributed by atoms with E-state index in [0.29, 0.717) is 11.4 Å². The van der Waals surface area contributed by atoms with E-state index in [0.717, 1.165) is 4.88 Å². The smallest absolute Gasteiger partial charge is 0.264 e. The molecule has 0 aliphatic carbocycles. The van der Waals surface area contributed by atoms with Crippen LogP contribution in [0.3, 0.4) is 0 Å². The minimum atomic E-state index is -0.523. The van der Waals surface area contributed by atoms with Crippen molar-refractivity contribution in [3.8, 4) is 11.8 Å². The van der Waals surface area contributed by atoms with Gasteiger partial charge in [-0.2, -0.15) is 0 Å². The molecule has 0 saturated heterocycles. The van der Waals surface area contributed by atoms with Gasteiger partial charge in [-0.1, -0.05) is 11.8 Å². The minimum Gasteiger partial charge on any atom is -0.368 e.